The number of rotatable bonds is 5. The van der Waals surface area contributed by atoms with E-state index in [2.05, 4.69) is 29.2 Å². The fourth-order valence-corrected chi connectivity index (χ4v) is 2.93. The lowest BCUT2D eigenvalue weighted by Gasteiger charge is -2.07. The zero-order chi connectivity index (χ0) is 18.8. The van der Waals surface area contributed by atoms with E-state index in [1.807, 2.05) is 42.5 Å². The number of anilines is 1. The van der Waals surface area contributed by atoms with Gasteiger partial charge >= 0.3 is 0 Å². The van der Waals surface area contributed by atoms with E-state index in [4.69, 9.17) is 0 Å². The van der Waals surface area contributed by atoms with Crippen molar-refractivity contribution in [1.82, 2.24) is 9.71 Å². The number of nitrogens with one attached hydrogen (secondary N) is 1. The molecule has 0 amide bonds. The summed E-state index contributed by atoms with van der Waals surface area (Å²) < 4.78 is 1.49. The van der Waals surface area contributed by atoms with Crippen molar-refractivity contribution in [2.75, 3.05) is 5.32 Å². The van der Waals surface area contributed by atoms with Crippen molar-refractivity contribution in [2.24, 2.45) is 0 Å². The molecule has 0 radical (unpaired) electrons. The number of fused-ring (bicyclic) bond motifs is 1. The van der Waals surface area contributed by atoms with Crippen LogP contribution in [0.25, 0.3) is 22.4 Å². The summed E-state index contributed by atoms with van der Waals surface area (Å²) in [5, 5.41) is 25.2. The van der Waals surface area contributed by atoms with Crippen molar-refractivity contribution >= 4 is 29.1 Å². The Hall–Kier alpha value is -3.80. The Morgan fingerprint density at radius 1 is 1.04 bits per heavy atom. The van der Waals surface area contributed by atoms with Crippen LogP contribution in [0.4, 0.5) is 11.4 Å². The lowest BCUT2D eigenvalue weighted by atomic mass is 10.2. The summed E-state index contributed by atoms with van der Waals surface area (Å²) >= 11 is 0. The van der Waals surface area contributed by atoms with Gasteiger partial charge in [-0.15, -0.1) is 0 Å². The van der Waals surface area contributed by atoms with Crippen LogP contribution in [0.2, 0.25) is 0 Å². The summed E-state index contributed by atoms with van der Waals surface area (Å²) in [6.07, 6.45) is 0. The highest BCUT2D eigenvalue weighted by Gasteiger charge is 2.14. The standard InChI is InChI=1S/C21H18N4O2/c1-24(26)18-11-12-19-20(13-18)25(27)21(23-19)16-7-9-17(10-8-16)22-14-15-5-3-2-4-6-15/h2-13,22,27H,1,14H2. The molecular weight excluding hydrogens is 340 g/mol. The molecule has 4 aromatic rings. The van der Waals surface area contributed by atoms with E-state index in [1.165, 1.54) is 5.56 Å². The normalized spacial score (nSPS) is 10.8. The van der Waals surface area contributed by atoms with E-state index in [0.29, 0.717) is 27.3 Å². The molecule has 3 aromatic carbocycles. The number of hydrogen-bond donors (Lipinski definition) is 2. The van der Waals surface area contributed by atoms with Crippen molar-refractivity contribution in [2.45, 2.75) is 6.54 Å². The monoisotopic (exact) mass is 358 g/mol. The van der Waals surface area contributed by atoms with Crippen LogP contribution in [0.3, 0.4) is 0 Å². The second-order valence-electron chi connectivity index (χ2n) is 6.22. The van der Waals surface area contributed by atoms with Gasteiger partial charge in [-0.05, 0) is 35.9 Å². The fraction of sp³-hybridized carbons (Fsp3) is 0.0476. The summed E-state index contributed by atoms with van der Waals surface area (Å²) in [7, 11) is 0. The average molecular weight is 358 g/mol. The van der Waals surface area contributed by atoms with Crippen LogP contribution < -0.4 is 5.32 Å². The zero-order valence-electron chi connectivity index (χ0n) is 14.5. The molecule has 0 saturated carbocycles. The maximum atomic E-state index is 11.4. The molecule has 0 unspecified atom stereocenters. The van der Waals surface area contributed by atoms with Gasteiger partial charge < -0.3 is 15.7 Å². The molecular formula is C21H18N4O2. The predicted molar refractivity (Wildman–Crippen MR) is 107 cm³/mol. The largest absolute Gasteiger partial charge is 0.619 e. The molecule has 0 aliphatic heterocycles. The lowest BCUT2D eigenvalue weighted by Crippen LogP contribution is -1.99. The molecule has 0 bridgehead atoms. The SMILES string of the molecule is C=[N+]([O-])c1ccc2nc(-c3ccc(NCc4ccccc4)cc3)n(O)c2c1. The third-order valence-corrected chi connectivity index (χ3v) is 4.38. The maximum absolute atomic E-state index is 11.4. The van der Waals surface area contributed by atoms with E-state index in [0.717, 1.165) is 22.5 Å². The molecule has 1 aromatic heterocycles. The van der Waals surface area contributed by atoms with Crippen LogP contribution in [-0.4, -0.2) is 26.4 Å². The van der Waals surface area contributed by atoms with Gasteiger partial charge in [-0.2, -0.15) is 9.47 Å². The van der Waals surface area contributed by atoms with Gasteiger partial charge in [0.2, 0.25) is 5.69 Å². The minimum Gasteiger partial charge on any atom is -0.619 e. The van der Waals surface area contributed by atoms with Gasteiger partial charge in [0.1, 0.15) is 12.2 Å². The number of nitrogens with zero attached hydrogens (tertiary/aromatic N) is 3. The molecule has 2 N–H and O–H groups in total. The first-order valence-corrected chi connectivity index (χ1v) is 8.49. The molecule has 0 aliphatic rings. The topological polar surface area (TPSA) is 76.2 Å². The third kappa shape index (κ3) is 3.32. The van der Waals surface area contributed by atoms with Crippen molar-refractivity contribution in [3.63, 3.8) is 0 Å². The molecule has 0 aliphatic carbocycles. The predicted octanol–water partition coefficient (Wildman–Crippen LogP) is 4.40. The number of benzene rings is 3. The molecule has 0 spiro atoms. The van der Waals surface area contributed by atoms with Crippen molar-refractivity contribution in [3.8, 4) is 11.4 Å². The summed E-state index contributed by atoms with van der Waals surface area (Å²) in [6.45, 7) is 4.05. The molecule has 27 heavy (non-hydrogen) atoms. The van der Waals surface area contributed by atoms with E-state index in [1.54, 1.807) is 18.2 Å². The van der Waals surface area contributed by atoms with Gasteiger partial charge in [-0.1, -0.05) is 30.3 Å². The Morgan fingerprint density at radius 3 is 2.48 bits per heavy atom. The van der Waals surface area contributed by atoms with Crippen molar-refractivity contribution in [3.05, 3.63) is 83.6 Å². The first-order chi connectivity index (χ1) is 13.1. The minimum atomic E-state index is 0.352. The van der Waals surface area contributed by atoms with Gasteiger partial charge in [0.25, 0.3) is 0 Å². The van der Waals surface area contributed by atoms with Crippen LogP contribution in [0.15, 0.2) is 72.8 Å². The fourth-order valence-electron chi connectivity index (χ4n) is 2.93. The second-order valence-corrected chi connectivity index (χ2v) is 6.22. The van der Waals surface area contributed by atoms with Gasteiger partial charge in [0.05, 0.1) is 5.52 Å². The Bertz CT molecular complexity index is 1100. The van der Waals surface area contributed by atoms with Crippen molar-refractivity contribution in [1.29, 1.82) is 0 Å². The second kappa shape index (κ2) is 6.84. The van der Waals surface area contributed by atoms with Crippen LogP contribution in [0.1, 0.15) is 5.56 Å². The zero-order valence-corrected chi connectivity index (χ0v) is 14.5. The molecule has 6 heteroatoms. The smallest absolute Gasteiger partial charge is 0.218 e. The van der Waals surface area contributed by atoms with Gasteiger partial charge in [-0.25, -0.2) is 4.98 Å². The Labute approximate surface area is 156 Å². The molecule has 6 nitrogen and oxygen atoms in total. The third-order valence-electron chi connectivity index (χ3n) is 4.38. The highest BCUT2D eigenvalue weighted by Crippen LogP contribution is 2.27. The molecule has 0 atom stereocenters. The van der Waals surface area contributed by atoms with Crippen LogP contribution in [0, 0.1) is 5.21 Å². The number of hydrogen-bond acceptors (Lipinski definition) is 4. The van der Waals surface area contributed by atoms with E-state index in [-0.39, 0.29) is 0 Å². The number of aromatic nitrogens is 2. The number of imidazole rings is 1. The average Bonchev–Trinajstić information content (AvgIpc) is 3.03. The van der Waals surface area contributed by atoms with Gasteiger partial charge in [0, 0.05) is 29.9 Å². The van der Waals surface area contributed by atoms with Crippen LogP contribution in [-0.2, 0) is 6.54 Å². The van der Waals surface area contributed by atoms with Gasteiger partial charge in [-0.3, -0.25) is 0 Å². The first-order valence-electron chi connectivity index (χ1n) is 8.49. The van der Waals surface area contributed by atoms with Crippen molar-refractivity contribution < 1.29 is 9.95 Å². The first kappa shape index (κ1) is 16.7. The summed E-state index contributed by atoms with van der Waals surface area (Å²) in [6, 6.07) is 22.7. The summed E-state index contributed by atoms with van der Waals surface area (Å²) in [5.41, 5.74) is 4.36. The van der Waals surface area contributed by atoms with Gasteiger partial charge in [0.15, 0.2) is 5.82 Å². The highest BCUT2D eigenvalue weighted by molar-refractivity contribution is 5.82. The Balaban J connectivity index is 1.58. The maximum Gasteiger partial charge on any atom is 0.218 e. The van der Waals surface area contributed by atoms with Crippen LogP contribution in [0.5, 0.6) is 0 Å². The molecule has 4 rings (SSSR count). The summed E-state index contributed by atoms with van der Waals surface area (Å²) in [4.78, 5) is 4.46. The highest BCUT2D eigenvalue weighted by atomic mass is 16.5. The molecule has 0 saturated heterocycles. The molecule has 0 fully saturated rings. The Kier molecular flexibility index (Phi) is 4.22. The van der Waals surface area contributed by atoms with E-state index < -0.39 is 0 Å². The summed E-state index contributed by atoms with van der Waals surface area (Å²) in [5.74, 6) is 0.415. The van der Waals surface area contributed by atoms with E-state index >= 15 is 0 Å². The quantitative estimate of drug-likeness (QED) is 0.182. The van der Waals surface area contributed by atoms with Crippen LogP contribution >= 0.6 is 0 Å². The molecule has 134 valence electrons. The lowest BCUT2D eigenvalue weighted by molar-refractivity contribution is -0.349. The Morgan fingerprint density at radius 2 is 1.78 bits per heavy atom. The minimum absolute atomic E-state index is 0.352. The van der Waals surface area contributed by atoms with E-state index in [9.17, 15) is 10.4 Å². The molecule has 1 heterocycles.